The molecule has 0 bridgehead atoms. The van der Waals surface area contributed by atoms with Crippen LogP contribution in [-0.4, -0.2) is 17.0 Å². The van der Waals surface area contributed by atoms with E-state index in [4.69, 9.17) is 5.73 Å². The Morgan fingerprint density at radius 1 is 1.00 bits per heavy atom. The molecule has 0 saturated carbocycles. The molecule has 118 valence electrons. The van der Waals surface area contributed by atoms with Crippen LogP contribution in [0.3, 0.4) is 0 Å². The SMILES string of the molecule is CCCCCCC(C)(CCCCCC)N1C=C(N)CC1. The summed E-state index contributed by atoms with van der Waals surface area (Å²) in [5.74, 6) is 0. The maximum absolute atomic E-state index is 5.99. The van der Waals surface area contributed by atoms with E-state index in [9.17, 15) is 0 Å². The highest BCUT2D eigenvalue weighted by Crippen LogP contribution is 2.32. The van der Waals surface area contributed by atoms with Crippen molar-refractivity contribution in [3.8, 4) is 0 Å². The summed E-state index contributed by atoms with van der Waals surface area (Å²) in [4.78, 5) is 2.54. The van der Waals surface area contributed by atoms with Crippen molar-refractivity contribution < 1.29 is 0 Å². The van der Waals surface area contributed by atoms with Crippen molar-refractivity contribution in [2.24, 2.45) is 5.73 Å². The zero-order chi connectivity index (χ0) is 14.8. The van der Waals surface area contributed by atoms with Gasteiger partial charge in [0.05, 0.1) is 0 Å². The molecule has 0 aromatic carbocycles. The molecule has 0 aliphatic carbocycles. The highest BCUT2D eigenvalue weighted by atomic mass is 15.2. The summed E-state index contributed by atoms with van der Waals surface area (Å²) in [6, 6.07) is 0. The van der Waals surface area contributed by atoms with Crippen LogP contribution in [0.4, 0.5) is 0 Å². The molecular formula is C18H36N2. The second-order valence-corrected chi connectivity index (χ2v) is 6.77. The van der Waals surface area contributed by atoms with Gasteiger partial charge in [-0.3, -0.25) is 0 Å². The molecule has 1 rings (SSSR count). The Morgan fingerprint density at radius 2 is 1.55 bits per heavy atom. The molecule has 0 amide bonds. The van der Waals surface area contributed by atoms with Crippen molar-refractivity contribution in [3.63, 3.8) is 0 Å². The van der Waals surface area contributed by atoms with Gasteiger partial charge in [0.15, 0.2) is 0 Å². The van der Waals surface area contributed by atoms with Crippen LogP contribution in [0, 0.1) is 0 Å². The first-order valence-electron chi connectivity index (χ1n) is 8.85. The van der Waals surface area contributed by atoms with E-state index in [1.807, 2.05) is 0 Å². The Bertz CT molecular complexity index is 271. The Morgan fingerprint density at radius 3 is 1.95 bits per heavy atom. The topological polar surface area (TPSA) is 29.3 Å². The average Bonchev–Trinajstić information content (AvgIpc) is 2.87. The monoisotopic (exact) mass is 280 g/mol. The molecule has 0 spiro atoms. The van der Waals surface area contributed by atoms with E-state index >= 15 is 0 Å². The quantitative estimate of drug-likeness (QED) is 0.528. The smallest absolute Gasteiger partial charge is 0.0369 e. The average molecular weight is 280 g/mol. The molecule has 0 aromatic heterocycles. The van der Waals surface area contributed by atoms with E-state index in [0.29, 0.717) is 5.54 Å². The number of nitrogens with zero attached hydrogens (tertiary/aromatic N) is 1. The van der Waals surface area contributed by atoms with Crippen molar-refractivity contribution in [2.45, 2.75) is 96.9 Å². The normalized spacial score (nSPS) is 15.8. The lowest BCUT2D eigenvalue weighted by atomic mass is 9.86. The molecule has 2 heteroatoms. The minimum absolute atomic E-state index is 0.336. The van der Waals surface area contributed by atoms with Gasteiger partial charge in [0.25, 0.3) is 0 Å². The molecular weight excluding hydrogens is 244 g/mol. The summed E-state index contributed by atoms with van der Waals surface area (Å²) in [5, 5.41) is 0. The Kier molecular flexibility index (Phi) is 8.09. The predicted molar refractivity (Wildman–Crippen MR) is 89.5 cm³/mol. The molecule has 0 unspecified atom stereocenters. The number of hydrogen-bond donors (Lipinski definition) is 1. The van der Waals surface area contributed by atoms with Crippen molar-refractivity contribution in [1.82, 2.24) is 4.90 Å². The van der Waals surface area contributed by atoms with Crippen LogP contribution in [0.1, 0.15) is 91.4 Å². The van der Waals surface area contributed by atoms with Crippen LogP contribution >= 0.6 is 0 Å². The molecule has 1 aliphatic rings. The number of unbranched alkanes of at least 4 members (excludes halogenated alkanes) is 6. The molecule has 0 atom stereocenters. The third-order valence-corrected chi connectivity index (χ3v) is 4.79. The molecule has 1 heterocycles. The van der Waals surface area contributed by atoms with Crippen LogP contribution < -0.4 is 5.73 Å². The van der Waals surface area contributed by atoms with Crippen molar-refractivity contribution in [3.05, 3.63) is 11.9 Å². The van der Waals surface area contributed by atoms with Crippen LogP contribution in [0.2, 0.25) is 0 Å². The van der Waals surface area contributed by atoms with Crippen molar-refractivity contribution in [2.75, 3.05) is 6.54 Å². The third-order valence-electron chi connectivity index (χ3n) is 4.79. The summed E-state index contributed by atoms with van der Waals surface area (Å²) < 4.78 is 0. The Labute approximate surface area is 126 Å². The van der Waals surface area contributed by atoms with Gasteiger partial charge in [0.2, 0.25) is 0 Å². The number of nitrogens with two attached hydrogens (primary N) is 1. The van der Waals surface area contributed by atoms with Crippen molar-refractivity contribution in [1.29, 1.82) is 0 Å². The second-order valence-electron chi connectivity index (χ2n) is 6.77. The first-order chi connectivity index (χ1) is 9.62. The summed E-state index contributed by atoms with van der Waals surface area (Å²) in [7, 11) is 0. The lowest BCUT2D eigenvalue weighted by molar-refractivity contribution is 0.143. The van der Waals surface area contributed by atoms with E-state index in [0.717, 1.165) is 18.7 Å². The van der Waals surface area contributed by atoms with E-state index in [1.165, 1.54) is 64.2 Å². The fourth-order valence-corrected chi connectivity index (χ4v) is 3.28. The standard InChI is InChI=1S/C18H36N2/c1-4-6-8-10-13-18(3,14-11-9-7-5-2)20-15-12-17(19)16-20/h16H,4-15,19H2,1-3H3. The third kappa shape index (κ3) is 5.76. The first-order valence-corrected chi connectivity index (χ1v) is 8.85. The van der Waals surface area contributed by atoms with E-state index < -0.39 is 0 Å². The fraction of sp³-hybridized carbons (Fsp3) is 0.889. The number of rotatable bonds is 11. The number of hydrogen-bond acceptors (Lipinski definition) is 2. The van der Waals surface area contributed by atoms with Gasteiger partial charge in [-0.1, -0.05) is 65.2 Å². The van der Waals surface area contributed by atoms with Crippen LogP contribution in [0.5, 0.6) is 0 Å². The van der Waals surface area contributed by atoms with Gasteiger partial charge in [-0.15, -0.1) is 0 Å². The molecule has 0 saturated heterocycles. The first kappa shape index (κ1) is 17.4. The van der Waals surface area contributed by atoms with E-state index in [1.54, 1.807) is 0 Å². The lowest BCUT2D eigenvalue weighted by Crippen LogP contribution is -2.42. The van der Waals surface area contributed by atoms with Crippen molar-refractivity contribution >= 4 is 0 Å². The summed E-state index contributed by atoms with van der Waals surface area (Å²) in [6.07, 6.45) is 16.8. The van der Waals surface area contributed by atoms with Gasteiger partial charge in [0, 0.05) is 30.4 Å². The van der Waals surface area contributed by atoms with Crippen LogP contribution in [-0.2, 0) is 0 Å². The van der Waals surface area contributed by atoms with E-state index in [-0.39, 0.29) is 0 Å². The van der Waals surface area contributed by atoms with Crippen LogP contribution in [0.15, 0.2) is 11.9 Å². The van der Waals surface area contributed by atoms with E-state index in [2.05, 4.69) is 31.9 Å². The molecule has 2 nitrogen and oxygen atoms in total. The summed E-state index contributed by atoms with van der Waals surface area (Å²) in [6.45, 7) is 8.16. The predicted octanol–water partition coefficient (Wildman–Crippen LogP) is 5.19. The van der Waals surface area contributed by atoms with Gasteiger partial charge < -0.3 is 10.6 Å². The van der Waals surface area contributed by atoms with Gasteiger partial charge in [-0.25, -0.2) is 0 Å². The highest BCUT2D eigenvalue weighted by molar-refractivity contribution is 5.08. The summed E-state index contributed by atoms with van der Waals surface area (Å²) in [5.41, 5.74) is 7.40. The molecule has 0 fully saturated rings. The van der Waals surface area contributed by atoms with Crippen LogP contribution in [0.25, 0.3) is 0 Å². The maximum Gasteiger partial charge on any atom is 0.0369 e. The minimum atomic E-state index is 0.336. The summed E-state index contributed by atoms with van der Waals surface area (Å²) >= 11 is 0. The Hall–Kier alpha value is -0.660. The van der Waals surface area contributed by atoms with Gasteiger partial charge in [-0.2, -0.15) is 0 Å². The zero-order valence-electron chi connectivity index (χ0n) is 14.1. The maximum atomic E-state index is 5.99. The van der Waals surface area contributed by atoms with Gasteiger partial charge >= 0.3 is 0 Å². The molecule has 2 N–H and O–H groups in total. The Balaban J connectivity index is 2.48. The minimum Gasteiger partial charge on any atom is -0.401 e. The second kappa shape index (κ2) is 9.31. The van der Waals surface area contributed by atoms with Gasteiger partial charge in [0.1, 0.15) is 0 Å². The highest BCUT2D eigenvalue weighted by Gasteiger charge is 2.31. The largest absolute Gasteiger partial charge is 0.401 e. The molecule has 0 radical (unpaired) electrons. The molecule has 20 heavy (non-hydrogen) atoms. The molecule has 1 aliphatic heterocycles. The fourth-order valence-electron chi connectivity index (χ4n) is 3.28. The molecule has 0 aromatic rings. The lowest BCUT2D eigenvalue weighted by Gasteiger charge is -2.40. The zero-order valence-corrected chi connectivity index (χ0v) is 14.1. The van der Waals surface area contributed by atoms with Gasteiger partial charge in [-0.05, 0) is 19.8 Å².